The number of aromatic nitrogens is 4. The van der Waals surface area contributed by atoms with Crippen molar-refractivity contribution in [3.05, 3.63) is 111 Å². The number of carbonyl (C=O) groups is 3. The molecule has 4 saturated heterocycles. The second-order valence-corrected chi connectivity index (χ2v) is 25.0. The first-order chi connectivity index (χ1) is 38.8. The van der Waals surface area contributed by atoms with Crippen molar-refractivity contribution in [1.29, 1.82) is 0 Å². The van der Waals surface area contributed by atoms with Crippen molar-refractivity contribution in [2.75, 3.05) is 26.2 Å². The molecule has 0 bridgehead atoms. The Morgan fingerprint density at radius 3 is 1.51 bits per heavy atom. The molecule has 28 heteroatoms. The first kappa shape index (κ1) is 75.8. The van der Waals surface area contributed by atoms with Crippen LogP contribution in [0, 0.1) is 0 Å². The summed E-state index contributed by atoms with van der Waals surface area (Å²) in [6.45, 7) is 16.7. The Kier molecular flexibility index (Phi) is 32.6. The van der Waals surface area contributed by atoms with E-state index in [0.29, 0.717) is 59.9 Å². The zero-order chi connectivity index (χ0) is 61.2. The lowest BCUT2D eigenvalue weighted by molar-refractivity contribution is -0.115. The van der Waals surface area contributed by atoms with Gasteiger partial charge in [0.2, 0.25) is 5.78 Å². The molecule has 4 aliphatic heterocycles. The molecule has 4 aliphatic rings. The highest BCUT2D eigenvalue weighted by Gasteiger charge is 2.51. The maximum Gasteiger partial charge on any atom is 0.377 e. The van der Waals surface area contributed by atoms with Gasteiger partial charge in [-0.3, -0.25) is 9.59 Å². The van der Waals surface area contributed by atoms with Crippen molar-refractivity contribution in [2.45, 2.75) is 179 Å². The van der Waals surface area contributed by atoms with Gasteiger partial charge in [-0.2, -0.15) is 0 Å². The summed E-state index contributed by atoms with van der Waals surface area (Å²) in [6, 6.07) is 13.2. The number of Topliss-reactive ketones (excluding diaryl/α,β-unsaturated/α-hetero) is 2. The van der Waals surface area contributed by atoms with Gasteiger partial charge in [0, 0.05) is 5.54 Å². The minimum absolute atomic E-state index is 0. The Labute approximate surface area is 546 Å². The minimum atomic E-state index is -0.802. The molecular weight excluding hydrogens is 1320 g/mol. The summed E-state index contributed by atoms with van der Waals surface area (Å²) in [5, 5.41) is 46.2. The Bertz CT molecular complexity index is 2740. The number of rotatable bonds is 18. The van der Waals surface area contributed by atoms with Gasteiger partial charge in [-0.25, -0.2) is 19.9 Å². The highest BCUT2D eigenvalue weighted by molar-refractivity contribution is 9.10. The average Bonchev–Trinajstić information content (AvgIpc) is 4.33. The van der Waals surface area contributed by atoms with Crippen LogP contribution < -0.4 is 5.32 Å². The van der Waals surface area contributed by atoms with Crippen LogP contribution in [0.4, 0.5) is 0 Å². The fourth-order valence-corrected chi connectivity index (χ4v) is 13.5. The maximum absolute atomic E-state index is 13.0. The lowest BCUT2D eigenvalue weighted by Crippen LogP contribution is -2.56. The summed E-state index contributed by atoms with van der Waals surface area (Å²) >= 11 is 49.6. The van der Waals surface area contributed by atoms with E-state index in [9.17, 15) is 34.6 Å². The van der Waals surface area contributed by atoms with E-state index in [1.807, 2.05) is 21.4 Å². The molecular formula is C55H77B3BrCl9N8O7. The van der Waals surface area contributed by atoms with E-state index < -0.39 is 43.9 Å². The predicted octanol–water partition coefficient (Wildman–Crippen LogP) is 14.5. The van der Waals surface area contributed by atoms with Crippen molar-refractivity contribution < 1.29 is 34.6 Å². The first-order valence-electron chi connectivity index (χ1n) is 28.1. The third kappa shape index (κ3) is 19.5. The quantitative estimate of drug-likeness (QED) is 0.0272. The monoisotopic (exact) mass is 1390 g/mol. The van der Waals surface area contributed by atoms with Crippen LogP contribution in [0.25, 0.3) is 0 Å². The van der Waals surface area contributed by atoms with E-state index in [1.54, 1.807) is 69.0 Å². The van der Waals surface area contributed by atoms with Crippen LogP contribution in [0.1, 0.15) is 163 Å². The number of nitrogens with one attached hydrogen (secondary N) is 1. The van der Waals surface area contributed by atoms with Gasteiger partial charge in [0.15, 0.2) is 5.78 Å². The number of carbonyl (C=O) groups excluding carboxylic acids is 3. The highest BCUT2D eigenvalue weighted by atomic mass is 79.9. The van der Waals surface area contributed by atoms with Crippen LogP contribution in [0.3, 0.4) is 0 Å². The third-order valence-corrected chi connectivity index (χ3v) is 18.7. The third-order valence-electron chi connectivity index (χ3n) is 15.5. The fourth-order valence-electron chi connectivity index (χ4n) is 12.0. The van der Waals surface area contributed by atoms with Crippen LogP contribution in [0.5, 0.6) is 0 Å². The van der Waals surface area contributed by atoms with Crippen molar-refractivity contribution >= 4 is 160 Å². The number of hydrogen-bond donors (Lipinski definition) is 5. The summed E-state index contributed by atoms with van der Waals surface area (Å²) in [4.78, 5) is 58.7. The standard InChI is InChI=1S/C14H21BCl2N2O2.C14H19BCl2N2O2.C13H16Cl2N2O.C9H18BNO2.C5H2BrCl2N.ClH/c2*1-3-7-14(8-4-9-19(14)15(2)21)12(20)11-6-5-10(16)13(17)18-11;1-2-6-13(7-3-8-16-13)11(18)10-5-4-9(14)12(15)17-10;1-3-5-9(8-12)6-4-7-11(9)10(2)13;6-4-2-1-3(7)5(8)9-4;/h5-6,12,20-21H,3-4,7-9H2,1-2H3;5-6,21H,3-4,7-9H2,1-2H3;4-5,16H,2-3,6-8H2,1H3;8,13H,3-7H2,1-2H3;1-2H;1H. The molecule has 0 aliphatic carbocycles. The number of aldehydes is 1. The number of hydrogen-bond acceptors (Lipinski definition) is 15. The molecule has 0 radical (unpaired) electrons. The number of nitrogens with zero attached hydrogens (tertiary/aromatic N) is 7. The largest absolute Gasteiger partial charge is 0.437 e. The van der Waals surface area contributed by atoms with Crippen LogP contribution in [-0.2, 0) is 4.79 Å². The summed E-state index contributed by atoms with van der Waals surface area (Å²) in [5.41, 5.74) is -0.801. The van der Waals surface area contributed by atoms with Crippen LogP contribution in [0.2, 0.25) is 61.2 Å². The SMILES string of the molecule is CCCC1(C(=O)c2ccc(Cl)c(Cl)n2)CCCN1.CCCC1(C(=O)c2ccc(Cl)c(Cl)n2)CCCN1B(C)O.CCCC1(C(O)c2ccc(Cl)c(Cl)n2)CCCN1B(C)O.CCCC1(C=O)CCCN1B(C)O.Cl.Clc1ccc(Br)nc1Cl. The van der Waals surface area contributed by atoms with Crippen LogP contribution in [-0.4, -0.2) is 142 Å². The Hall–Kier alpha value is -1.43. The summed E-state index contributed by atoms with van der Waals surface area (Å²) in [5.74, 6) is -0.0540. The van der Waals surface area contributed by atoms with E-state index in [4.69, 9.17) is 92.8 Å². The number of ketones is 2. The van der Waals surface area contributed by atoms with E-state index >= 15 is 0 Å². The molecule has 4 aromatic heterocycles. The molecule has 15 nitrogen and oxygen atoms in total. The number of halogens is 10. The predicted molar refractivity (Wildman–Crippen MR) is 349 cm³/mol. The van der Waals surface area contributed by atoms with Crippen molar-refractivity contribution in [2.24, 2.45) is 0 Å². The Morgan fingerprint density at radius 2 is 1.05 bits per heavy atom. The van der Waals surface area contributed by atoms with Gasteiger partial charge in [0.1, 0.15) is 49.0 Å². The molecule has 458 valence electrons. The van der Waals surface area contributed by atoms with Crippen LogP contribution >= 0.6 is 121 Å². The van der Waals surface area contributed by atoms with Gasteiger partial charge in [0.25, 0.3) is 0 Å². The molecule has 5 N–H and O–H groups in total. The summed E-state index contributed by atoms with van der Waals surface area (Å²) in [6.07, 6.45) is 14.3. The number of pyridine rings is 4. The lowest BCUT2D eigenvalue weighted by atomic mass is 9.74. The second kappa shape index (κ2) is 35.7. The molecule has 0 spiro atoms. The molecule has 8 heterocycles. The zero-order valence-electron chi connectivity index (χ0n) is 48.1. The zero-order valence-corrected chi connectivity index (χ0v) is 56.6. The Morgan fingerprint density at radius 1 is 0.590 bits per heavy atom. The first-order valence-corrected chi connectivity index (χ1v) is 31.9. The maximum atomic E-state index is 13.0. The van der Waals surface area contributed by atoms with Crippen molar-refractivity contribution in [1.82, 2.24) is 39.7 Å². The van der Waals surface area contributed by atoms with Crippen LogP contribution in [0.15, 0.2) is 53.1 Å². The van der Waals surface area contributed by atoms with Gasteiger partial charge < -0.3 is 44.7 Å². The Balaban J connectivity index is 0.000000278. The fraction of sp³-hybridized carbons (Fsp3) is 0.582. The van der Waals surface area contributed by atoms with Gasteiger partial charge in [-0.05, 0) is 188 Å². The molecule has 83 heavy (non-hydrogen) atoms. The van der Waals surface area contributed by atoms with E-state index in [1.165, 1.54) is 0 Å². The molecule has 0 saturated carbocycles. The molecule has 0 amide bonds. The topological polar surface area (TPSA) is 205 Å². The number of aliphatic hydroxyl groups excluding tert-OH is 1. The highest BCUT2D eigenvalue weighted by Crippen LogP contribution is 2.44. The van der Waals surface area contributed by atoms with E-state index in [-0.39, 0.29) is 45.0 Å². The minimum Gasteiger partial charge on any atom is -0.437 e. The summed E-state index contributed by atoms with van der Waals surface area (Å²) < 4.78 is 0.692. The van der Waals surface area contributed by atoms with Gasteiger partial charge in [0.05, 0.1) is 42.4 Å². The van der Waals surface area contributed by atoms with E-state index in [0.717, 1.165) is 122 Å². The molecule has 0 aromatic carbocycles. The lowest BCUT2D eigenvalue weighted by Gasteiger charge is -2.43. The smallest absolute Gasteiger partial charge is 0.377 e. The van der Waals surface area contributed by atoms with Crippen molar-refractivity contribution in [3.8, 4) is 0 Å². The molecule has 5 unspecified atom stereocenters. The molecule has 8 rings (SSSR count). The molecule has 4 fully saturated rings. The van der Waals surface area contributed by atoms with E-state index in [2.05, 4.69) is 62.0 Å². The normalized spacial score (nSPS) is 22.5. The van der Waals surface area contributed by atoms with Gasteiger partial charge >= 0.3 is 21.2 Å². The van der Waals surface area contributed by atoms with Gasteiger partial charge in [-0.15, -0.1) is 12.4 Å². The average molecular weight is 1390 g/mol. The second-order valence-electron chi connectivity index (χ2n) is 21.2. The van der Waals surface area contributed by atoms with Gasteiger partial charge in [-0.1, -0.05) is 146 Å². The molecule has 5 atom stereocenters. The summed E-state index contributed by atoms with van der Waals surface area (Å²) in [7, 11) is -1.76. The van der Waals surface area contributed by atoms with Crippen molar-refractivity contribution in [3.63, 3.8) is 0 Å². The number of aliphatic hydroxyl groups is 1. The molecule has 4 aromatic rings.